The van der Waals surface area contributed by atoms with Crippen molar-refractivity contribution in [1.82, 2.24) is 19.7 Å². The molecule has 0 unspecified atom stereocenters. The number of fused-ring (bicyclic) bond motifs is 1. The molecule has 0 amide bonds. The van der Waals surface area contributed by atoms with Crippen LogP contribution in [0.3, 0.4) is 0 Å². The minimum atomic E-state index is -1.06. The van der Waals surface area contributed by atoms with Crippen molar-refractivity contribution < 1.29 is 19.0 Å². The zero-order valence-corrected chi connectivity index (χ0v) is 21.3. The quantitative estimate of drug-likeness (QED) is 0.522. The molecule has 2 saturated heterocycles. The van der Waals surface area contributed by atoms with Crippen LogP contribution in [-0.2, 0) is 4.74 Å². The van der Waals surface area contributed by atoms with E-state index >= 15 is 0 Å². The van der Waals surface area contributed by atoms with Crippen molar-refractivity contribution in [3.63, 3.8) is 0 Å². The van der Waals surface area contributed by atoms with Crippen molar-refractivity contribution in [1.29, 1.82) is 0 Å². The van der Waals surface area contributed by atoms with E-state index in [9.17, 15) is 14.3 Å². The Morgan fingerprint density at radius 1 is 1.05 bits per heavy atom. The molecule has 8 nitrogen and oxygen atoms in total. The molecule has 0 bridgehead atoms. The Morgan fingerprint density at radius 3 is 2.35 bits per heavy atom. The van der Waals surface area contributed by atoms with Gasteiger partial charge in [0.2, 0.25) is 0 Å². The van der Waals surface area contributed by atoms with Gasteiger partial charge in [0.05, 0.1) is 22.5 Å². The Morgan fingerprint density at radius 2 is 1.73 bits per heavy atom. The first kappa shape index (κ1) is 24.3. The second kappa shape index (κ2) is 10.0. The summed E-state index contributed by atoms with van der Waals surface area (Å²) >= 11 is 0. The van der Waals surface area contributed by atoms with Crippen LogP contribution in [0.4, 0.5) is 10.1 Å². The van der Waals surface area contributed by atoms with Gasteiger partial charge in [-0.25, -0.2) is 18.9 Å². The summed E-state index contributed by atoms with van der Waals surface area (Å²) < 4.78 is 20.9. The van der Waals surface area contributed by atoms with Gasteiger partial charge in [-0.3, -0.25) is 0 Å². The highest BCUT2D eigenvalue weighted by Crippen LogP contribution is 2.43. The smallest absolute Gasteiger partial charge is 0.354 e. The van der Waals surface area contributed by atoms with Crippen molar-refractivity contribution in [3.8, 4) is 5.69 Å². The SMILES string of the molecule is CN(C1CCOCC1)C1CCN(c2cc(C(=O)O)nc3c2c(C2CCC2)nn3-c2ccc(F)cc2)CC1. The molecule has 1 N–H and O–H groups in total. The molecule has 2 aromatic heterocycles. The highest BCUT2D eigenvalue weighted by atomic mass is 19.1. The van der Waals surface area contributed by atoms with E-state index in [2.05, 4.69) is 21.8 Å². The second-order valence-electron chi connectivity index (χ2n) is 10.7. The number of benzene rings is 1. The zero-order valence-electron chi connectivity index (χ0n) is 21.3. The summed E-state index contributed by atoms with van der Waals surface area (Å²) in [5.74, 6) is -1.06. The standard InChI is InChI=1S/C28H34FN5O3/c1-32(21-11-15-37-16-12-21)20-9-13-33(14-10-20)24-17-23(28(35)36)30-27-25(24)26(18-3-2-4-18)31-34(27)22-7-5-19(29)6-8-22/h5-8,17-18,20-21H,2-4,9-16H2,1H3,(H,35,36). The Kier molecular flexibility index (Phi) is 6.58. The lowest BCUT2D eigenvalue weighted by molar-refractivity contribution is 0.0244. The van der Waals surface area contributed by atoms with E-state index in [1.807, 2.05) is 0 Å². The highest BCUT2D eigenvalue weighted by molar-refractivity contribution is 5.98. The van der Waals surface area contributed by atoms with Crippen molar-refractivity contribution in [2.24, 2.45) is 0 Å². The molecule has 1 aromatic carbocycles. The maximum atomic E-state index is 13.7. The van der Waals surface area contributed by atoms with Gasteiger partial charge in [0.25, 0.3) is 0 Å². The third-order valence-electron chi connectivity index (χ3n) is 8.57. The average Bonchev–Trinajstić information content (AvgIpc) is 3.27. The molecule has 6 rings (SSSR count). The van der Waals surface area contributed by atoms with Crippen molar-refractivity contribution in [2.45, 2.75) is 62.9 Å². The molecule has 0 radical (unpaired) electrons. The molecular weight excluding hydrogens is 473 g/mol. The topological polar surface area (TPSA) is 83.7 Å². The van der Waals surface area contributed by atoms with Gasteiger partial charge >= 0.3 is 5.97 Å². The van der Waals surface area contributed by atoms with Crippen molar-refractivity contribution in [2.75, 3.05) is 38.3 Å². The fourth-order valence-corrected chi connectivity index (χ4v) is 6.12. The van der Waals surface area contributed by atoms with Gasteiger partial charge < -0.3 is 19.6 Å². The third kappa shape index (κ3) is 4.59. The number of carboxylic acid groups (broad SMARTS) is 1. The lowest BCUT2D eigenvalue weighted by Crippen LogP contribution is -2.48. The number of aromatic carboxylic acids is 1. The van der Waals surface area contributed by atoms with Crippen molar-refractivity contribution in [3.05, 3.63) is 47.5 Å². The predicted octanol–water partition coefficient (Wildman–Crippen LogP) is 4.60. The van der Waals surface area contributed by atoms with Gasteiger partial charge in [0, 0.05) is 44.3 Å². The number of hydrogen-bond donors (Lipinski definition) is 1. The number of pyridine rings is 1. The molecule has 1 saturated carbocycles. The van der Waals surface area contributed by atoms with Crippen LogP contribution in [-0.4, -0.2) is 76.2 Å². The summed E-state index contributed by atoms with van der Waals surface area (Å²) in [4.78, 5) is 21.5. The number of aromatic nitrogens is 3. The molecule has 196 valence electrons. The van der Waals surface area contributed by atoms with Crippen LogP contribution in [0.5, 0.6) is 0 Å². The van der Waals surface area contributed by atoms with Crippen LogP contribution in [0.15, 0.2) is 30.3 Å². The first-order chi connectivity index (χ1) is 18.0. The number of carboxylic acids is 1. The molecule has 3 aliphatic rings. The lowest BCUT2D eigenvalue weighted by Gasteiger charge is -2.42. The fraction of sp³-hybridized carbons (Fsp3) is 0.536. The van der Waals surface area contributed by atoms with Gasteiger partial charge in [0.15, 0.2) is 11.3 Å². The lowest BCUT2D eigenvalue weighted by atomic mass is 9.82. The number of carbonyl (C=O) groups is 1. The Bertz CT molecular complexity index is 1280. The maximum Gasteiger partial charge on any atom is 0.354 e. The number of anilines is 1. The van der Waals surface area contributed by atoms with Gasteiger partial charge in [-0.1, -0.05) is 6.42 Å². The Balaban J connectivity index is 1.37. The fourth-order valence-electron chi connectivity index (χ4n) is 6.12. The van der Waals surface area contributed by atoms with Gasteiger partial charge in [0.1, 0.15) is 5.82 Å². The second-order valence-corrected chi connectivity index (χ2v) is 10.7. The van der Waals surface area contributed by atoms with Crippen molar-refractivity contribution >= 4 is 22.7 Å². The molecule has 3 aromatic rings. The van der Waals surface area contributed by atoms with E-state index in [1.54, 1.807) is 22.9 Å². The normalized spacial score (nSPS) is 20.0. The highest BCUT2D eigenvalue weighted by Gasteiger charge is 2.33. The van der Waals surface area contributed by atoms with E-state index < -0.39 is 5.97 Å². The minimum absolute atomic E-state index is 0.00682. The number of ether oxygens (including phenoxy) is 1. The van der Waals surface area contributed by atoms with Crippen LogP contribution >= 0.6 is 0 Å². The first-order valence-corrected chi connectivity index (χ1v) is 13.5. The molecule has 3 fully saturated rings. The predicted molar refractivity (Wildman–Crippen MR) is 139 cm³/mol. The Hall–Kier alpha value is -3.04. The minimum Gasteiger partial charge on any atom is -0.477 e. The van der Waals surface area contributed by atoms with Gasteiger partial charge in [-0.05, 0) is 75.9 Å². The van der Waals surface area contributed by atoms with Crippen LogP contribution in [0.25, 0.3) is 16.7 Å². The van der Waals surface area contributed by atoms with Gasteiger partial charge in [-0.2, -0.15) is 5.10 Å². The summed E-state index contributed by atoms with van der Waals surface area (Å²) in [7, 11) is 2.24. The van der Waals surface area contributed by atoms with Crippen LogP contribution in [0, 0.1) is 5.82 Å². The molecule has 37 heavy (non-hydrogen) atoms. The monoisotopic (exact) mass is 507 g/mol. The maximum absolute atomic E-state index is 13.7. The number of hydrogen-bond acceptors (Lipinski definition) is 6. The van der Waals surface area contributed by atoms with Crippen LogP contribution < -0.4 is 4.90 Å². The summed E-state index contributed by atoms with van der Waals surface area (Å²) in [5.41, 5.74) is 3.10. The van der Waals surface area contributed by atoms with E-state index in [-0.39, 0.29) is 11.5 Å². The molecule has 1 aliphatic carbocycles. The largest absolute Gasteiger partial charge is 0.477 e. The van der Waals surface area contributed by atoms with Crippen LogP contribution in [0.2, 0.25) is 0 Å². The summed E-state index contributed by atoms with van der Waals surface area (Å²) in [5, 5.41) is 15.8. The third-order valence-corrected chi connectivity index (χ3v) is 8.57. The van der Waals surface area contributed by atoms with E-state index in [0.29, 0.717) is 29.3 Å². The van der Waals surface area contributed by atoms with E-state index in [1.165, 1.54) is 12.1 Å². The molecule has 9 heteroatoms. The van der Waals surface area contributed by atoms with E-state index in [0.717, 1.165) is 88.0 Å². The molecule has 0 atom stereocenters. The van der Waals surface area contributed by atoms with E-state index in [4.69, 9.17) is 9.84 Å². The summed E-state index contributed by atoms with van der Waals surface area (Å²) in [6.45, 7) is 3.37. The average molecular weight is 508 g/mol. The number of nitrogens with zero attached hydrogens (tertiary/aromatic N) is 5. The number of halogens is 1. The zero-order chi connectivity index (χ0) is 25.5. The first-order valence-electron chi connectivity index (χ1n) is 13.5. The van der Waals surface area contributed by atoms with Gasteiger partial charge in [-0.15, -0.1) is 0 Å². The Labute approximate surface area is 216 Å². The summed E-state index contributed by atoms with van der Waals surface area (Å²) in [6.07, 6.45) is 7.49. The molecule has 2 aliphatic heterocycles. The molecule has 0 spiro atoms. The number of rotatable bonds is 6. The number of piperidine rings is 1. The molecular formula is C28H34FN5O3. The molecule has 4 heterocycles. The van der Waals surface area contributed by atoms with Crippen LogP contribution in [0.1, 0.15) is 67.0 Å². The summed E-state index contributed by atoms with van der Waals surface area (Å²) in [6, 6.07) is 8.92.